The molecule has 0 radical (unpaired) electrons. The van der Waals surface area contributed by atoms with Crippen molar-refractivity contribution in [1.29, 1.82) is 0 Å². The van der Waals surface area contributed by atoms with Crippen LogP contribution in [0.5, 0.6) is 0 Å². The lowest BCUT2D eigenvalue weighted by atomic mass is 10.1. The van der Waals surface area contributed by atoms with Gasteiger partial charge in [-0.05, 0) is 38.0 Å². The van der Waals surface area contributed by atoms with Crippen LogP contribution >= 0.6 is 12.6 Å². The van der Waals surface area contributed by atoms with Gasteiger partial charge in [-0.15, -0.1) is 0 Å². The second-order valence-electron chi connectivity index (χ2n) is 3.71. The topological polar surface area (TPSA) is 12.5 Å². The van der Waals surface area contributed by atoms with Crippen molar-refractivity contribution in [1.82, 2.24) is 4.90 Å². The average molecular weight is 203 g/mol. The van der Waals surface area contributed by atoms with Crippen molar-refractivity contribution in [2.45, 2.75) is 31.8 Å². The van der Waals surface area contributed by atoms with E-state index in [1.807, 2.05) is 7.11 Å². The minimum Gasteiger partial charge on any atom is -0.381 e. The normalized spacial score (nSPS) is 20.8. The Bertz CT molecular complexity index is 121. The number of thiol groups is 1. The predicted molar refractivity (Wildman–Crippen MR) is 59.6 cm³/mol. The number of likely N-dealkylation sites (tertiary alicyclic amines) is 1. The van der Waals surface area contributed by atoms with Gasteiger partial charge in [0.05, 0.1) is 6.10 Å². The number of ether oxygens (including phenoxy) is 1. The molecule has 0 bridgehead atoms. The molecule has 0 aromatic heterocycles. The van der Waals surface area contributed by atoms with Gasteiger partial charge in [0.1, 0.15) is 0 Å². The molecule has 0 aliphatic carbocycles. The molecule has 0 aromatic rings. The summed E-state index contributed by atoms with van der Waals surface area (Å²) in [5.74, 6) is 1.02. The molecule has 1 aliphatic heterocycles. The molecule has 1 heterocycles. The predicted octanol–water partition coefficient (Wildman–Crippen LogP) is 1.81. The zero-order valence-corrected chi connectivity index (χ0v) is 9.43. The summed E-state index contributed by atoms with van der Waals surface area (Å²) in [4.78, 5) is 2.54. The largest absolute Gasteiger partial charge is 0.381 e. The van der Waals surface area contributed by atoms with E-state index in [-0.39, 0.29) is 0 Å². The lowest BCUT2D eigenvalue weighted by Crippen LogP contribution is -2.37. The van der Waals surface area contributed by atoms with Crippen LogP contribution in [0.25, 0.3) is 0 Å². The second kappa shape index (κ2) is 6.68. The molecule has 1 aliphatic rings. The first-order valence-corrected chi connectivity index (χ1v) is 5.86. The Morgan fingerprint density at radius 1 is 1.31 bits per heavy atom. The molecule has 2 nitrogen and oxygen atoms in total. The van der Waals surface area contributed by atoms with Gasteiger partial charge in [0.2, 0.25) is 0 Å². The van der Waals surface area contributed by atoms with E-state index in [0.29, 0.717) is 6.10 Å². The number of rotatable bonds is 5. The molecule has 1 rings (SSSR count). The van der Waals surface area contributed by atoms with Crippen LogP contribution in [0.1, 0.15) is 25.7 Å². The van der Waals surface area contributed by atoms with Gasteiger partial charge in [-0.25, -0.2) is 0 Å². The van der Waals surface area contributed by atoms with Gasteiger partial charge < -0.3 is 9.64 Å². The van der Waals surface area contributed by atoms with E-state index in [2.05, 4.69) is 17.5 Å². The molecule has 1 saturated heterocycles. The first-order valence-electron chi connectivity index (χ1n) is 5.23. The number of piperidine rings is 1. The van der Waals surface area contributed by atoms with Crippen molar-refractivity contribution in [2.24, 2.45) is 0 Å². The Kier molecular flexibility index (Phi) is 5.83. The van der Waals surface area contributed by atoms with Crippen LogP contribution in [0.15, 0.2) is 0 Å². The summed E-state index contributed by atoms with van der Waals surface area (Å²) in [7, 11) is 1.82. The standard InChI is InChI=1S/C10H21NOS/c1-12-10-4-7-11(8-5-10)6-2-3-9-13/h10,13H,2-9H2,1H3. The van der Waals surface area contributed by atoms with E-state index in [1.165, 1.54) is 45.3 Å². The Balaban J connectivity index is 2.03. The zero-order valence-electron chi connectivity index (χ0n) is 8.54. The summed E-state index contributed by atoms with van der Waals surface area (Å²) in [6.45, 7) is 3.67. The Morgan fingerprint density at radius 2 is 2.00 bits per heavy atom. The maximum absolute atomic E-state index is 5.33. The minimum atomic E-state index is 0.515. The third-order valence-electron chi connectivity index (χ3n) is 2.75. The van der Waals surface area contributed by atoms with E-state index >= 15 is 0 Å². The number of hydrogen-bond donors (Lipinski definition) is 1. The average Bonchev–Trinajstić information content (AvgIpc) is 2.19. The second-order valence-corrected chi connectivity index (χ2v) is 4.15. The lowest BCUT2D eigenvalue weighted by molar-refractivity contribution is 0.0408. The molecule has 0 unspecified atom stereocenters. The third kappa shape index (κ3) is 4.34. The molecule has 0 spiro atoms. The van der Waals surface area contributed by atoms with Crippen LogP contribution in [0.4, 0.5) is 0 Å². The smallest absolute Gasteiger partial charge is 0.0595 e. The summed E-state index contributed by atoms with van der Waals surface area (Å²) in [5.41, 5.74) is 0. The zero-order chi connectivity index (χ0) is 9.52. The Labute approximate surface area is 87.0 Å². The van der Waals surface area contributed by atoms with Crippen LogP contribution in [-0.2, 0) is 4.74 Å². The van der Waals surface area contributed by atoms with Crippen LogP contribution in [0.2, 0.25) is 0 Å². The fraction of sp³-hybridized carbons (Fsp3) is 1.00. The van der Waals surface area contributed by atoms with E-state index in [9.17, 15) is 0 Å². The SMILES string of the molecule is COC1CCN(CCCCS)CC1. The molecule has 78 valence electrons. The van der Waals surface area contributed by atoms with Crippen molar-refractivity contribution >= 4 is 12.6 Å². The number of hydrogen-bond acceptors (Lipinski definition) is 3. The number of unbranched alkanes of at least 4 members (excludes halogenated alkanes) is 1. The fourth-order valence-electron chi connectivity index (χ4n) is 1.82. The van der Waals surface area contributed by atoms with Crippen molar-refractivity contribution in [3.05, 3.63) is 0 Å². The minimum absolute atomic E-state index is 0.515. The summed E-state index contributed by atoms with van der Waals surface area (Å²) in [5, 5.41) is 0. The van der Waals surface area contributed by atoms with Crippen LogP contribution in [0.3, 0.4) is 0 Å². The highest BCUT2D eigenvalue weighted by molar-refractivity contribution is 7.80. The monoisotopic (exact) mass is 203 g/mol. The highest BCUT2D eigenvalue weighted by Gasteiger charge is 2.17. The van der Waals surface area contributed by atoms with Crippen LogP contribution in [0, 0.1) is 0 Å². The van der Waals surface area contributed by atoms with Crippen LogP contribution in [-0.4, -0.2) is 43.5 Å². The third-order valence-corrected chi connectivity index (χ3v) is 3.07. The van der Waals surface area contributed by atoms with Gasteiger partial charge in [0, 0.05) is 20.2 Å². The van der Waals surface area contributed by atoms with Gasteiger partial charge in [-0.3, -0.25) is 0 Å². The molecule has 0 aromatic carbocycles. The highest BCUT2D eigenvalue weighted by atomic mass is 32.1. The van der Waals surface area contributed by atoms with Crippen molar-refractivity contribution in [3.63, 3.8) is 0 Å². The van der Waals surface area contributed by atoms with E-state index in [0.717, 1.165) is 5.75 Å². The first kappa shape index (κ1) is 11.3. The molecular formula is C10H21NOS. The van der Waals surface area contributed by atoms with Gasteiger partial charge in [0.25, 0.3) is 0 Å². The maximum Gasteiger partial charge on any atom is 0.0595 e. The number of methoxy groups -OCH3 is 1. The summed E-state index contributed by atoms with van der Waals surface area (Å²) in [6, 6.07) is 0. The van der Waals surface area contributed by atoms with Crippen LogP contribution < -0.4 is 0 Å². The summed E-state index contributed by atoms with van der Waals surface area (Å²) >= 11 is 4.21. The van der Waals surface area contributed by atoms with E-state index in [4.69, 9.17) is 4.74 Å². The van der Waals surface area contributed by atoms with Gasteiger partial charge in [-0.1, -0.05) is 0 Å². The molecule has 0 atom stereocenters. The van der Waals surface area contributed by atoms with Crippen molar-refractivity contribution in [2.75, 3.05) is 32.5 Å². The maximum atomic E-state index is 5.33. The molecule has 0 N–H and O–H groups in total. The quantitative estimate of drug-likeness (QED) is 0.540. The Hall–Kier alpha value is 0.270. The first-order chi connectivity index (χ1) is 6.36. The summed E-state index contributed by atoms with van der Waals surface area (Å²) in [6.07, 6.45) is 5.46. The lowest BCUT2D eigenvalue weighted by Gasteiger charge is -2.31. The number of nitrogens with zero attached hydrogens (tertiary/aromatic N) is 1. The molecular weight excluding hydrogens is 182 g/mol. The molecule has 0 amide bonds. The highest BCUT2D eigenvalue weighted by Crippen LogP contribution is 2.13. The molecule has 0 saturated carbocycles. The van der Waals surface area contributed by atoms with E-state index < -0.39 is 0 Å². The summed E-state index contributed by atoms with van der Waals surface area (Å²) < 4.78 is 5.33. The van der Waals surface area contributed by atoms with Gasteiger partial charge in [-0.2, -0.15) is 12.6 Å². The van der Waals surface area contributed by atoms with Crippen molar-refractivity contribution < 1.29 is 4.74 Å². The Morgan fingerprint density at radius 3 is 2.54 bits per heavy atom. The van der Waals surface area contributed by atoms with Crippen molar-refractivity contribution in [3.8, 4) is 0 Å². The van der Waals surface area contributed by atoms with Gasteiger partial charge >= 0.3 is 0 Å². The molecule has 13 heavy (non-hydrogen) atoms. The van der Waals surface area contributed by atoms with Gasteiger partial charge in [0.15, 0.2) is 0 Å². The fourth-order valence-corrected chi connectivity index (χ4v) is 2.04. The molecule has 1 fully saturated rings. The molecule has 3 heteroatoms. The van der Waals surface area contributed by atoms with E-state index in [1.54, 1.807) is 0 Å².